The first-order chi connectivity index (χ1) is 7.66. The van der Waals surface area contributed by atoms with Crippen molar-refractivity contribution in [2.75, 3.05) is 31.7 Å². The first kappa shape index (κ1) is 12.9. The van der Waals surface area contributed by atoms with Gasteiger partial charge in [-0.25, -0.2) is 4.98 Å². The first-order valence-electron chi connectivity index (χ1n) is 5.66. The zero-order valence-electron chi connectivity index (χ0n) is 10.3. The van der Waals surface area contributed by atoms with E-state index in [4.69, 9.17) is 10.5 Å². The van der Waals surface area contributed by atoms with Gasteiger partial charge in [-0.1, -0.05) is 6.07 Å². The molecule has 0 aromatic carbocycles. The predicted octanol–water partition coefficient (Wildman–Crippen LogP) is 1.57. The molecule has 0 amide bonds. The molecule has 0 aliphatic carbocycles. The van der Waals surface area contributed by atoms with E-state index in [0.717, 1.165) is 24.5 Å². The molecule has 0 radical (unpaired) electrons. The van der Waals surface area contributed by atoms with Gasteiger partial charge in [0.25, 0.3) is 0 Å². The minimum atomic E-state index is -0.00163. The van der Waals surface area contributed by atoms with Crippen LogP contribution in [0.5, 0.6) is 0 Å². The minimum absolute atomic E-state index is 0.00163. The third-order valence-electron chi connectivity index (χ3n) is 2.44. The lowest BCUT2D eigenvalue weighted by Crippen LogP contribution is -2.25. The molecule has 0 fully saturated rings. The van der Waals surface area contributed by atoms with Gasteiger partial charge in [-0.2, -0.15) is 0 Å². The van der Waals surface area contributed by atoms with E-state index in [9.17, 15) is 0 Å². The molecule has 0 saturated heterocycles. The van der Waals surface area contributed by atoms with Crippen LogP contribution < -0.4 is 10.6 Å². The quantitative estimate of drug-likeness (QED) is 0.744. The molecule has 1 aromatic rings. The number of aromatic nitrogens is 1. The molecule has 4 nitrogen and oxygen atoms in total. The summed E-state index contributed by atoms with van der Waals surface area (Å²) in [4.78, 5) is 6.45. The Morgan fingerprint density at radius 1 is 1.56 bits per heavy atom. The number of ether oxygens (including phenoxy) is 1. The molecule has 0 aliphatic heterocycles. The maximum atomic E-state index is 5.91. The van der Waals surface area contributed by atoms with Gasteiger partial charge in [-0.05, 0) is 19.9 Å². The largest absolute Gasteiger partial charge is 0.380 e. The van der Waals surface area contributed by atoms with Gasteiger partial charge in [0.05, 0.1) is 6.61 Å². The van der Waals surface area contributed by atoms with Gasteiger partial charge in [0.15, 0.2) is 0 Å². The molecule has 1 heterocycles. The van der Waals surface area contributed by atoms with E-state index < -0.39 is 0 Å². The normalized spacial score (nSPS) is 12.5. The summed E-state index contributed by atoms with van der Waals surface area (Å²) in [6, 6.07) is 3.93. The second-order valence-corrected chi connectivity index (χ2v) is 3.82. The summed E-state index contributed by atoms with van der Waals surface area (Å²) in [5, 5.41) is 0. The highest BCUT2D eigenvalue weighted by Gasteiger charge is 2.11. The molecule has 4 heteroatoms. The van der Waals surface area contributed by atoms with Crippen molar-refractivity contribution < 1.29 is 4.74 Å². The maximum Gasteiger partial charge on any atom is 0.133 e. The number of hydrogen-bond donors (Lipinski definition) is 1. The number of pyridine rings is 1. The summed E-state index contributed by atoms with van der Waals surface area (Å²) in [6.07, 6.45) is 1.79. The van der Waals surface area contributed by atoms with Crippen molar-refractivity contribution in [2.45, 2.75) is 19.9 Å². The van der Waals surface area contributed by atoms with Crippen LogP contribution in [0.1, 0.15) is 25.5 Å². The van der Waals surface area contributed by atoms with E-state index in [2.05, 4.69) is 9.88 Å². The Bertz CT molecular complexity index is 315. The lowest BCUT2D eigenvalue weighted by Gasteiger charge is -2.22. The van der Waals surface area contributed by atoms with Crippen LogP contribution in [0.4, 0.5) is 5.82 Å². The van der Waals surface area contributed by atoms with E-state index in [1.807, 2.05) is 33.0 Å². The van der Waals surface area contributed by atoms with Crippen LogP contribution in [-0.4, -0.2) is 31.8 Å². The van der Waals surface area contributed by atoms with Gasteiger partial charge in [-0.15, -0.1) is 0 Å². The Hall–Kier alpha value is -1.13. The second kappa shape index (κ2) is 6.45. The molecule has 0 aliphatic rings. The van der Waals surface area contributed by atoms with Crippen molar-refractivity contribution in [3.8, 4) is 0 Å². The first-order valence-corrected chi connectivity index (χ1v) is 5.66. The van der Waals surface area contributed by atoms with E-state index in [1.165, 1.54) is 0 Å². The zero-order chi connectivity index (χ0) is 12.0. The molecule has 2 N–H and O–H groups in total. The third kappa shape index (κ3) is 3.47. The molecular formula is C12H21N3O. The molecular weight excluding hydrogens is 202 g/mol. The number of rotatable bonds is 6. The summed E-state index contributed by atoms with van der Waals surface area (Å²) < 4.78 is 5.33. The van der Waals surface area contributed by atoms with Gasteiger partial charge in [-0.3, -0.25) is 0 Å². The van der Waals surface area contributed by atoms with Crippen LogP contribution in [0.2, 0.25) is 0 Å². The smallest absolute Gasteiger partial charge is 0.133 e. The monoisotopic (exact) mass is 223 g/mol. The number of likely N-dealkylation sites (N-methyl/N-ethyl adjacent to an activating group) is 1. The molecule has 0 bridgehead atoms. The highest BCUT2D eigenvalue weighted by Crippen LogP contribution is 2.20. The van der Waals surface area contributed by atoms with E-state index in [-0.39, 0.29) is 6.04 Å². The summed E-state index contributed by atoms with van der Waals surface area (Å²) >= 11 is 0. The molecule has 0 saturated carbocycles. The lowest BCUT2D eigenvalue weighted by atomic mass is 10.1. The average Bonchev–Trinajstić information content (AvgIpc) is 2.29. The van der Waals surface area contributed by atoms with Gasteiger partial charge < -0.3 is 15.4 Å². The minimum Gasteiger partial charge on any atom is -0.380 e. The summed E-state index contributed by atoms with van der Waals surface area (Å²) in [5.74, 6) is 0.942. The van der Waals surface area contributed by atoms with E-state index >= 15 is 0 Å². The molecule has 1 aromatic heterocycles. The Morgan fingerprint density at radius 2 is 2.31 bits per heavy atom. The van der Waals surface area contributed by atoms with Crippen LogP contribution in [-0.2, 0) is 4.74 Å². The highest BCUT2D eigenvalue weighted by atomic mass is 16.5. The SMILES string of the molecule is CCOCCN(C)c1ncccc1[C@@H](C)N. The summed E-state index contributed by atoms with van der Waals surface area (Å²) in [7, 11) is 2.01. The fourth-order valence-electron chi connectivity index (χ4n) is 1.54. The van der Waals surface area contributed by atoms with E-state index in [1.54, 1.807) is 6.20 Å². The van der Waals surface area contributed by atoms with Crippen molar-refractivity contribution in [1.82, 2.24) is 4.98 Å². The zero-order valence-corrected chi connectivity index (χ0v) is 10.3. The molecule has 1 rings (SSSR count). The molecule has 1 atom stereocenters. The summed E-state index contributed by atoms with van der Waals surface area (Å²) in [5.41, 5.74) is 6.98. The van der Waals surface area contributed by atoms with Crippen molar-refractivity contribution >= 4 is 5.82 Å². The summed E-state index contributed by atoms with van der Waals surface area (Å²) in [6.45, 7) is 6.24. The van der Waals surface area contributed by atoms with Gasteiger partial charge >= 0.3 is 0 Å². The Morgan fingerprint density at radius 3 is 2.94 bits per heavy atom. The third-order valence-corrected chi connectivity index (χ3v) is 2.44. The molecule has 16 heavy (non-hydrogen) atoms. The van der Waals surface area contributed by atoms with Gasteiger partial charge in [0.2, 0.25) is 0 Å². The number of nitrogens with zero attached hydrogens (tertiary/aromatic N) is 2. The standard InChI is InChI=1S/C12H21N3O/c1-4-16-9-8-15(3)12-11(10(2)13)6-5-7-14-12/h5-7,10H,4,8-9,13H2,1-3H3/t10-/m1/s1. The van der Waals surface area contributed by atoms with E-state index in [0.29, 0.717) is 6.61 Å². The topological polar surface area (TPSA) is 51.4 Å². The molecule has 90 valence electrons. The highest BCUT2D eigenvalue weighted by molar-refractivity contribution is 5.47. The van der Waals surface area contributed by atoms with Crippen LogP contribution in [0.3, 0.4) is 0 Å². The van der Waals surface area contributed by atoms with Crippen LogP contribution >= 0.6 is 0 Å². The van der Waals surface area contributed by atoms with Crippen molar-refractivity contribution in [3.05, 3.63) is 23.9 Å². The predicted molar refractivity (Wildman–Crippen MR) is 66.6 cm³/mol. The number of anilines is 1. The Balaban J connectivity index is 2.70. The van der Waals surface area contributed by atoms with Crippen molar-refractivity contribution in [1.29, 1.82) is 0 Å². The van der Waals surface area contributed by atoms with Crippen LogP contribution in [0.25, 0.3) is 0 Å². The molecule has 0 unspecified atom stereocenters. The van der Waals surface area contributed by atoms with Crippen molar-refractivity contribution in [3.63, 3.8) is 0 Å². The lowest BCUT2D eigenvalue weighted by molar-refractivity contribution is 0.154. The van der Waals surface area contributed by atoms with Gasteiger partial charge in [0, 0.05) is 38.0 Å². The van der Waals surface area contributed by atoms with Crippen molar-refractivity contribution in [2.24, 2.45) is 5.73 Å². The number of hydrogen-bond acceptors (Lipinski definition) is 4. The fourth-order valence-corrected chi connectivity index (χ4v) is 1.54. The van der Waals surface area contributed by atoms with Crippen LogP contribution in [0.15, 0.2) is 18.3 Å². The maximum absolute atomic E-state index is 5.91. The second-order valence-electron chi connectivity index (χ2n) is 3.82. The van der Waals surface area contributed by atoms with Crippen LogP contribution in [0, 0.1) is 0 Å². The fraction of sp³-hybridized carbons (Fsp3) is 0.583. The molecule has 0 spiro atoms. The Labute approximate surface area is 97.4 Å². The van der Waals surface area contributed by atoms with Gasteiger partial charge in [0.1, 0.15) is 5.82 Å². The number of nitrogens with two attached hydrogens (primary N) is 1. The average molecular weight is 223 g/mol. The Kier molecular flexibility index (Phi) is 5.22.